The lowest BCUT2D eigenvalue weighted by molar-refractivity contribution is -0.910. The molecule has 0 radical (unpaired) electrons. The van der Waals surface area contributed by atoms with E-state index in [-0.39, 0.29) is 5.91 Å². The molecule has 5 nitrogen and oxygen atoms in total. The molecule has 1 fully saturated rings. The van der Waals surface area contributed by atoms with Gasteiger partial charge in [0.05, 0.1) is 24.2 Å². The molecule has 2 atom stereocenters. The number of carbonyl (C=O) groups excluding carboxylic acids is 1. The Balaban J connectivity index is 1.39. The number of benzene rings is 2. The molecule has 4 aromatic rings. The first-order chi connectivity index (χ1) is 14.2. The summed E-state index contributed by atoms with van der Waals surface area (Å²) in [6.45, 7) is 1.47. The van der Waals surface area contributed by atoms with Crippen LogP contribution in [0.25, 0.3) is 21.9 Å². The standard InChI is InChI=1S/C23H22N2O3S/c1-27-21-12-16-15-6-2-3-8-19(15)28-20(16)13-17(21)24-23(26)14-25-10-4-7-18(25)22-9-5-11-29-22/h2-3,5-6,8-9,11-13,18H,4,7,10,14H2,1H3,(H,24,26)/p+1/t18-/m0/s1. The predicted molar refractivity (Wildman–Crippen MR) is 116 cm³/mol. The summed E-state index contributed by atoms with van der Waals surface area (Å²) in [5, 5.41) is 7.18. The van der Waals surface area contributed by atoms with E-state index < -0.39 is 0 Å². The third-order valence-corrected chi connectivity index (χ3v) is 6.72. The number of hydrogen-bond donors (Lipinski definition) is 2. The van der Waals surface area contributed by atoms with Crippen LogP contribution in [-0.2, 0) is 4.79 Å². The number of thiophene rings is 1. The molecule has 0 aliphatic carbocycles. The molecule has 29 heavy (non-hydrogen) atoms. The highest BCUT2D eigenvalue weighted by Gasteiger charge is 2.32. The molecule has 5 rings (SSSR count). The second-order valence-corrected chi connectivity index (χ2v) is 8.47. The average Bonchev–Trinajstić information content (AvgIpc) is 3.46. The Labute approximate surface area is 172 Å². The van der Waals surface area contributed by atoms with Gasteiger partial charge in [-0.25, -0.2) is 0 Å². The van der Waals surface area contributed by atoms with Crippen LogP contribution in [0, 0.1) is 0 Å². The van der Waals surface area contributed by atoms with Crippen molar-refractivity contribution in [3.05, 3.63) is 58.8 Å². The van der Waals surface area contributed by atoms with Gasteiger partial charge in [0.25, 0.3) is 5.91 Å². The SMILES string of the molecule is COc1cc2c(cc1NC(=O)C[NH+]1CCC[C@H]1c1cccs1)oc1ccccc12. The van der Waals surface area contributed by atoms with Crippen LogP contribution in [0.3, 0.4) is 0 Å². The van der Waals surface area contributed by atoms with Crippen LogP contribution >= 0.6 is 11.3 Å². The molecule has 1 unspecified atom stereocenters. The van der Waals surface area contributed by atoms with Crippen molar-refractivity contribution in [1.29, 1.82) is 0 Å². The lowest BCUT2D eigenvalue weighted by Crippen LogP contribution is -3.11. The number of fused-ring (bicyclic) bond motifs is 3. The van der Waals surface area contributed by atoms with Crippen LogP contribution in [0.5, 0.6) is 5.75 Å². The Bertz CT molecular complexity index is 1170. The molecule has 0 bridgehead atoms. The third kappa shape index (κ3) is 3.39. The van der Waals surface area contributed by atoms with Crippen molar-refractivity contribution in [2.75, 3.05) is 25.5 Å². The summed E-state index contributed by atoms with van der Waals surface area (Å²) in [6, 6.07) is 16.4. The number of ether oxygens (including phenoxy) is 1. The van der Waals surface area contributed by atoms with E-state index >= 15 is 0 Å². The number of methoxy groups -OCH3 is 1. The van der Waals surface area contributed by atoms with Crippen molar-refractivity contribution >= 4 is 44.9 Å². The van der Waals surface area contributed by atoms with Crippen molar-refractivity contribution in [3.8, 4) is 5.75 Å². The molecule has 1 aliphatic heterocycles. The Morgan fingerprint density at radius 1 is 1.21 bits per heavy atom. The van der Waals surface area contributed by atoms with E-state index in [4.69, 9.17) is 9.15 Å². The molecule has 2 N–H and O–H groups in total. The lowest BCUT2D eigenvalue weighted by Gasteiger charge is -2.20. The van der Waals surface area contributed by atoms with Crippen LogP contribution in [0.4, 0.5) is 5.69 Å². The zero-order valence-electron chi connectivity index (χ0n) is 16.2. The van der Waals surface area contributed by atoms with E-state index in [1.807, 2.05) is 36.4 Å². The Morgan fingerprint density at radius 3 is 2.93 bits per heavy atom. The minimum absolute atomic E-state index is 0.00258. The summed E-state index contributed by atoms with van der Waals surface area (Å²) >= 11 is 1.78. The van der Waals surface area contributed by atoms with E-state index in [0.717, 1.165) is 41.3 Å². The van der Waals surface area contributed by atoms with E-state index in [0.29, 0.717) is 24.0 Å². The molecule has 148 valence electrons. The van der Waals surface area contributed by atoms with Crippen molar-refractivity contribution in [1.82, 2.24) is 0 Å². The average molecular weight is 408 g/mol. The number of anilines is 1. The zero-order valence-corrected chi connectivity index (χ0v) is 17.1. The zero-order chi connectivity index (χ0) is 19.8. The van der Waals surface area contributed by atoms with Crippen LogP contribution in [0.1, 0.15) is 23.8 Å². The van der Waals surface area contributed by atoms with E-state index in [1.54, 1.807) is 18.4 Å². The van der Waals surface area contributed by atoms with E-state index in [1.165, 1.54) is 9.78 Å². The normalized spacial score (nSPS) is 19.1. The lowest BCUT2D eigenvalue weighted by atomic mass is 10.1. The summed E-state index contributed by atoms with van der Waals surface area (Å²) in [5.74, 6) is 0.640. The Morgan fingerprint density at radius 2 is 2.10 bits per heavy atom. The predicted octanol–water partition coefficient (Wildman–Crippen LogP) is 4.01. The van der Waals surface area contributed by atoms with Crippen LogP contribution < -0.4 is 15.0 Å². The highest BCUT2D eigenvalue weighted by atomic mass is 32.1. The molecule has 0 spiro atoms. The molecule has 1 saturated heterocycles. The molecule has 6 heteroatoms. The van der Waals surface area contributed by atoms with Gasteiger partial charge in [-0.2, -0.15) is 0 Å². The Kier molecular flexibility index (Phi) is 4.73. The van der Waals surface area contributed by atoms with Gasteiger partial charge < -0.3 is 19.4 Å². The number of carbonyl (C=O) groups is 1. The number of furan rings is 1. The van der Waals surface area contributed by atoms with Crippen LogP contribution in [0.15, 0.2) is 58.3 Å². The minimum atomic E-state index is -0.00258. The van der Waals surface area contributed by atoms with Gasteiger partial charge in [0.1, 0.15) is 23.0 Å². The number of hydrogen-bond acceptors (Lipinski definition) is 4. The number of likely N-dealkylation sites (tertiary alicyclic amines) is 1. The van der Waals surface area contributed by atoms with Gasteiger partial charge in [-0.05, 0) is 23.6 Å². The number of amides is 1. The highest BCUT2D eigenvalue weighted by Crippen LogP contribution is 2.36. The van der Waals surface area contributed by atoms with Gasteiger partial charge in [-0.3, -0.25) is 4.79 Å². The van der Waals surface area contributed by atoms with Crippen molar-refractivity contribution in [2.24, 2.45) is 0 Å². The first-order valence-corrected chi connectivity index (χ1v) is 10.8. The monoisotopic (exact) mass is 407 g/mol. The maximum absolute atomic E-state index is 12.8. The molecule has 0 saturated carbocycles. The quantitative estimate of drug-likeness (QED) is 0.526. The summed E-state index contributed by atoms with van der Waals surface area (Å²) < 4.78 is 11.5. The van der Waals surface area contributed by atoms with E-state index in [2.05, 4.69) is 22.8 Å². The van der Waals surface area contributed by atoms with Crippen molar-refractivity contribution in [3.63, 3.8) is 0 Å². The summed E-state index contributed by atoms with van der Waals surface area (Å²) in [5.41, 5.74) is 2.22. The summed E-state index contributed by atoms with van der Waals surface area (Å²) in [6.07, 6.45) is 2.29. The number of quaternary nitrogens is 1. The van der Waals surface area contributed by atoms with Crippen LogP contribution in [-0.4, -0.2) is 26.1 Å². The second kappa shape index (κ2) is 7.54. The van der Waals surface area contributed by atoms with E-state index in [9.17, 15) is 4.79 Å². The molecular formula is C23H23N2O3S+. The molecule has 2 aromatic carbocycles. The second-order valence-electron chi connectivity index (χ2n) is 7.49. The maximum Gasteiger partial charge on any atom is 0.279 e. The largest absolute Gasteiger partial charge is 0.495 e. The summed E-state index contributed by atoms with van der Waals surface area (Å²) in [7, 11) is 1.62. The molecule has 1 aliphatic rings. The number of nitrogens with one attached hydrogen (secondary N) is 2. The fourth-order valence-corrected chi connectivity index (χ4v) is 5.30. The Hall–Kier alpha value is -2.83. The van der Waals surface area contributed by atoms with Crippen molar-refractivity contribution in [2.45, 2.75) is 18.9 Å². The van der Waals surface area contributed by atoms with Gasteiger partial charge in [-0.1, -0.05) is 24.3 Å². The smallest absolute Gasteiger partial charge is 0.279 e. The van der Waals surface area contributed by atoms with Gasteiger partial charge in [-0.15, -0.1) is 11.3 Å². The first-order valence-electron chi connectivity index (χ1n) is 9.90. The fourth-order valence-electron chi connectivity index (χ4n) is 4.37. The van der Waals surface area contributed by atoms with Gasteiger partial charge in [0.15, 0.2) is 6.54 Å². The first kappa shape index (κ1) is 18.2. The van der Waals surface area contributed by atoms with Gasteiger partial charge in [0, 0.05) is 29.7 Å². The van der Waals surface area contributed by atoms with Gasteiger partial charge in [0.2, 0.25) is 0 Å². The third-order valence-electron chi connectivity index (χ3n) is 5.73. The number of para-hydroxylation sites is 1. The fraction of sp³-hybridized carbons (Fsp3) is 0.261. The van der Waals surface area contributed by atoms with Gasteiger partial charge >= 0.3 is 0 Å². The molecular weight excluding hydrogens is 384 g/mol. The summed E-state index contributed by atoms with van der Waals surface area (Å²) in [4.78, 5) is 15.5. The van der Waals surface area contributed by atoms with Crippen molar-refractivity contribution < 1.29 is 18.8 Å². The number of rotatable bonds is 5. The highest BCUT2D eigenvalue weighted by molar-refractivity contribution is 7.10. The molecule has 1 amide bonds. The minimum Gasteiger partial charge on any atom is -0.495 e. The molecule has 3 heterocycles. The topological polar surface area (TPSA) is 55.9 Å². The maximum atomic E-state index is 12.8. The molecule has 2 aromatic heterocycles. The van der Waals surface area contributed by atoms with Crippen LogP contribution in [0.2, 0.25) is 0 Å².